The summed E-state index contributed by atoms with van der Waals surface area (Å²) in [7, 11) is 0. The number of nitrogens with one attached hydrogen (secondary N) is 2. The van der Waals surface area contributed by atoms with Crippen molar-refractivity contribution in [3.63, 3.8) is 0 Å². The summed E-state index contributed by atoms with van der Waals surface area (Å²) in [5.41, 5.74) is -1.11. The standard InChI is InChI=1S/C13H15F4NO.C13H13F4NO/c2*14-11-9(8-4-6-18-7-5-8)2-1-3-10(11)12(19)13(15,16)17/h1-3,8,12,18-19H,4-7H2;1-3,8,18H,4-7H2. The summed E-state index contributed by atoms with van der Waals surface area (Å²) in [5.74, 6) is -4.32. The third-order valence-electron chi connectivity index (χ3n) is 6.75. The molecule has 2 fully saturated rings. The average molecular weight is 553 g/mol. The Hall–Kier alpha value is -2.57. The van der Waals surface area contributed by atoms with Crippen LogP contribution in [-0.2, 0) is 0 Å². The van der Waals surface area contributed by atoms with Gasteiger partial charge in [-0.15, -0.1) is 0 Å². The number of halogens is 8. The molecule has 12 heteroatoms. The van der Waals surface area contributed by atoms with Crippen molar-refractivity contribution < 1.29 is 45.0 Å². The lowest BCUT2D eigenvalue weighted by molar-refractivity contribution is -0.207. The van der Waals surface area contributed by atoms with Gasteiger partial charge in [0.15, 0.2) is 6.10 Å². The van der Waals surface area contributed by atoms with Gasteiger partial charge in [-0.3, -0.25) is 4.79 Å². The van der Waals surface area contributed by atoms with E-state index in [4.69, 9.17) is 0 Å². The zero-order chi connectivity index (χ0) is 28.1. The summed E-state index contributed by atoms with van der Waals surface area (Å²) >= 11 is 0. The molecule has 0 bridgehead atoms. The van der Waals surface area contributed by atoms with Crippen LogP contribution in [0.1, 0.15) is 70.7 Å². The Morgan fingerprint density at radius 1 is 0.763 bits per heavy atom. The van der Waals surface area contributed by atoms with Gasteiger partial charge in [-0.25, -0.2) is 8.78 Å². The van der Waals surface area contributed by atoms with Crippen molar-refractivity contribution in [1.29, 1.82) is 0 Å². The van der Waals surface area contributed by atoms with E-state index in [9.17, 15) is 45.0 Å². The Kier molecular flexibility index (Phi) is 9.88. The number of piperidine rings is 2. The van der Waals surface area contributed by atoms with Gasteiger partial charge in [0, 0.05) is 5.56 Å². The fraction of sp³-hybridized carbons (Fsp3) is 0.500. The minimum absolute atomic E-state index is 0.0957. The zero-order valence-electron chi connectivity index (χ0n) is 20.2. The van der Waals surface area contributed by atoms with Gasteiger partial charge in [-0.05, 0) is 80.9 Å². The van der Waals surface area contributed by atoms with Crippen LogP contribution in [0.5, 0.6) is 0 Å². The lowest BCUT2D eigenvalue weighted by Gasteiger charge is -2.25. The summed E-state index contributed by atoms with van der Waals surface area (Å²) in [6.07, 6.45) is -10.00. The molecule has 0 spiro atoms. The second kappa shape index (κ2) is 12.5. The van der Waals surface area contributed by atoms with Crippen molar-refractivity contribution >= 4 is 5.78 Å². The Labute approximate surface area is 214 Å². The molecule has 4 nitrogen and oxygen atoms in total. The number of ketones is 1. The molecule has 0 aliphatic carbocycles. The number of aliphatic hydroxyl groups excluding tert-OH is 1. The molecule has 3 N–H and O–H groups in total. The predicted octanol–water partition coefficient (Wildman–Crippen LogP) is 5.93. The molecule has 2 aliphatic heterocycles. The molecule has 2 aromatic rings. The van der Waals surface area contributed by atoms with E-state index in [0.29, 0.717) is 38.8 Å². The summed E-state index contributed by atoms with van der Waals surface area (Å²) in [6.45, 7) is 2.83. The molecule has 1 atom stereocenters. The maximum atomic E-state index is 14.2. The van der Waals surface area contributed by atoms with Crippen molar-refractivity contribution in [1.82, 2.24) is 10.6 Å². The molecule has 2 aromatic carbocycles. The first-order valence-corrected chi connectivity index (χ1v) is 12.2. The molecule has 2 saturated heterocycles. The van der Waals surface area contributed by atoms with Crippen LogP contribution in [0, 0.1) is 11.6 Å². The van der Waals surface area contributed by atoms with Crippen molar-refractivity contribution in [2.75, 3.05) is 26.2 Å². The van der Waals surface area contributed by atoms with E-state index in [1.54, 1.807) is 0 Å². The summed E-state index contributed by atoms with van der Waals surface area (Å²) < 4.78 is 103. The molecule has 0 radical (unpaired) electrons. The number of benzene rings is 2. The predicted molar refractivity (Wildman–Crippen MR) is 124 cm³/mol. The SMILES string of the molecule is O=C(c1cccc(C2CCNCC2)c1F)C(F)(F)F.OC(c1cccc(C2CCNCC2)c1F)C(F)(F)F. The number of aliphatic hydroxyl groups is 1. The highest BCUT2D eigenvalue weighted by atomic mass is 19.4. The van der Waals surface area contributed by atoms with Gasteiger partial charge >= 0.3 is 12.4 Å². The van der Waals surface area contributed by atoms with Crippen molar-refractivity contribution in [3.8, 4) is 0 Å². The second-order valence-electron chi connectivity index (χ2n) is 9.28. The minimum Gasteiger partial charge on any atom is -0.379 e. The van der Waals surface area contributed by atoms with Crippen LogP contribution >= 0.6 is 0 Å². The average Bonchev–Trinajstić information content (AvgIpc) is 2.88. The van der Waals surface area contributed by atoms with Gasteiger partial charge in [-0.1, -0.05) is 30.3 Å². The van der Waals surface area contributed by atoms with Crippen LogP contribution in [0.25, 0.3) is 0 Å². The minimum atomic E-state index is -5.05. The second-order valence-corrected chi connectivity index (χ2v) is 9.28. The number of hydrogen-bond donors (Lipinski definition) is 3. The normalized spacial score (nSPS) is 18.4. The van der Waals surface area contributed by atoms with Crippen molar-refractivity contribution in [2.24, 2.45) is 0 Å². The van der Waals surface area contributed by atoms with E-state index in [1.165, 1.54) is 24.3 Å². The summed E-state index contributed by atoms with van der Waals surface area (Å²) in [5, 5.41) is 15.4. The molecule has 2 heterocycles. The van der Waals surface area contributed by atoms with Crippen LogP contribution < -0.4 is 10.6 Å². The molecule has 0 aromatic heterocycles. The highest BCUT2D eigenvalue weighted by Crippen LogP contribution is 2.37. The Bertz CT molecular complexity index is 1090. The molecular weight excluding hydrogens is 524 g/mol. The summed E-state index contributed by atoms with van der Waals surface area (Å²) in [6, 6.07) is 7.49. The highest BCUT2D eigenvalue weighted by Gasteiger charge is 2.42. The van der Waals surface area contributed by atoms with E-state index >= 15 is 0 Å². The number of hydrogen-bond acceptors (Lipinski definition) is 4. The lowest BCUT2D eigenvalue weighted by atomic mass is 9.88. The maximum absolute atomic E-state index is 14.2. The Morgan fingerprint density at radius 2 is 1.21 bits per heavy atom. The van der Waals surface area contributed by atoms with Crippen LogP contribution in [0.15, 0.2) is 36.4 Å². The van der Waals surface area contributed by atoms with Gasteiger partial charge in [0.2, 0.25) is 0 Å². The van der Waals surface area contributed by atoms with Gasteiger partial charge < -0.3 is 15.7 Å². The van der Waals surface area contributed by atoms with Gasteiger partial charge in [0.05, 0.1) is 5.56 Å². The number of alkyl halides is 6. The van der Waals surface area contributed by atoms with Crippen LogP contribution in [0.2, 0.25) is 0 Å². The molecule has 2 aliphatic rings. The molecular formula is C26H28F8N2O2. The Balaban J connectivity index is 0.000000211. The van der Waals surface area contributed by atoms with Gasteiger partial charge in [0.25, 0.3) is 5.78 Å². The first-order valence-electron chi connectivity index (χ1n) is 12.2. The number of carbonyl (C=O) groups is 1. The number of rotatable bonds is 4. The molecule has 0 saturated carbocycles. The van der Waals surface area contributed by atoms with E-state index in [-0.39, 0.29) is 23.0 Å². The fourth-order valence-corrected chi connectivity index (χ4v) is 4.73. The van der Waals surface area contributed by atoms with E-state index in [0.717, 1.165) is 25.2 Å². The highest BCUT2D eigenvalue weighted by molar-refractivity contribution is 6.00. The van der Waals surface area contributed by atoms with Crippen molar-refractivity contribution in [2.45, 2.75) is 56.0 Å². The molecule has 38 heavy (non-hydrogen) atoms. The third-order valence-corrected chi connectivity index (χ3v) is 6.75. The first kappa shape index (κ1) is 30.0. The first-order chi connectivity index (χ1) is 17.8. The molecule has 0 amide bonds. The monoisotopic (exact) mass is 552 g/mol. The fourth-order valence-electron chi connectivity index (χ4n) is 4.73. The zero-order valence-corrected chi connectivity index (χ0v) is 20.2. The van der Waals surface area contributed by atoms with Crippen LogP contribution in [0.4, 0.5) is 35.1 Å². The van der Waals surface area contributed by atoms with E-state index in [1.807, 2.05) is 0 Å². The maximum Gasteiger partial charge on any atom is 0.454 e. The quantitative estimate of drug-likeness (QED) is 0.325. The van der Waals surface area contributed by atoms with Gasteiger partial charge in [-0.2, -0.15) is 26.3 Å². The molecule has 210 valence electrons. The van der Waals surface area contributed by atoms with E-state index < -0.39 is 47.0 Å². The van der Waals surface area contributed by atoms with Gasteiger partial charge in [0.1, 0.15) is 11.6 Å². The number of carbonyl (C=O) groups excluding carboxylic acids is 1. The van der Waals surface area contributed by atoms with E-state index in [2.05, 4.69) is 10.6 Å². The van der Waals surface area contributed by atoms with Crippen LogP contribution in [-0.4, -0.2) is 49.4 Å². The topological polar surface area (TPSA) is 61.4 Å². The van der Waals surface area contributed by atoms with Crippen molar-refractivity contribution in [3.05, 3.63) is 70.3 Å². The number of Topliss-reactive ketones (excluding diaryl/α,β-unsaturated/α-hetero) is 1. The molecule has 4 rings (SSSR count). The molecule has 1 unspecified atom stereocenters. The third kappa shape index (κ3) is 7.29. The van der Waals surface area contributed by atoms with Crippen LogP contribution in [0.3, 0.4) is 0 Å². The Morgan fingerprint density at radius 3 is 1.66 bits per heavy atom. The largest absolute Gasteiger partial charge is 0.454 e. The lowest BCUT2D eigenvalue weighted by Crippen LogP contribution is -2.28. The summed E-state index contributed by atoms with van der Waals surface area (Å²) in [4.78, 5) is 11.1. The smallest absolute Gasteiger partial charge is 0.379 e.